The molecule has 1 heterocycles. The second-order valence-corrected chi connectivity index (χ2v) is 5.43. The maximum Gasteiger partial charge on any atom is 0.251 e. The summed E-state index contributed by atoms with van der Waals surface area (Å²) in [5, 5.41) is 5.87. The van der Waals surface area contributed by atoms with Gasteiger partial charge in [0.25, 0.3) is 5.91 Å². The number of hydrogen-bond donors (Lipinski definition) is 2. The summed E-state index contributed by atoms with van der Waals surface area (Å²) in [7, 11) is 0. The Hall–Kier alpha value is -1.33. The number of amides is 1. The van der Waals surface area contributed by atoms with Crippen LogP contribution in [0.4, 0.5) is 0 Å². The van der Waals surface area contributed by atoms with Crippen molar-refractivity contribution in [2.75, 3.05) is 6.54 Å². The van der Waals surface area contributed by atoms with Crippen LogP contribution in [0.2, 0.25) is 0 Å². The van der Waals surface area contributed by atoms with Crippen molar-refractivity contribution in [1.29, 1.82) is 0 Å². The first-order valence-electron chi connectivity index (χ1n) is 5.63. The largest absolute Gasteiger partial charge is 0.352 e. The van der Waals surface area contributed by atoms with E-state index in [2.05, 4.69) is 22.9 Å². The number of benzene rings is 1. The molecule has 2 aromatic rings. The number of nitrogens with one attached hydrogen (secondary N) is 1. The lowest BCUT2D eigenvalue weighted by Gasteiger charge is -2.07. The predicted molar refractivity (Wildman–Crippen MR) is 76.6 cm³/mol. The van der Waals surface area contributed by atoms with E-state index in [0.29, 0.717) is 12.1 Å². The van der Waals surface area contributed by atoms with Crippen LogP contribution >= 0.6 is 24.0 Å². The first-order valence-corrected chi connectivity index (χ1v) is 6.95. The predicted octanol–water partition coefficient (Wildman–Crippen LogP) is 2.71. The van der Waals surface area contributed by atoms with Crippen LogP contribution in [0, 0.1) is 6.92 Å². The number of thiazole rings is 1. The van der Waals surface area contributed by atoms with E-state index >= 15 is 0 Å². The molecule has 0 spiro atoms. The summed E-state index contributed by atoms with van der Waals surface area (Å²) in [4.78, 5) is 17.0. The van der Waals surface area contributed by atoms with Gasteiger partial charge in [-0.15, -0.1) is 24.0 Å². The molecule has 0 aliphatic heterocycles. The third kappa shape index (κ3) is 3.34. The molecule has 0 radical (unpaired) electrons. The third-order valence-electron chi connectivity index (χ3n) is 2.57. The van der Waals surface area contributed by atoms with Gasteiger partial charge in [-0.2, -0.15) is 0 Å². The Morgan fingerprint density at radius 2 is 2.33 bits per heavy atom. The van der Waals surface area contributed by atoms with Crippen LogP contribution in [0.1, 0.15) is 20.9 Å². The monoisotopic (exact) mass is 278 g/mol. The van der Waals surface area contributed by atoms with Crippen molar-refractivity contribution in [3.05, 3.63) is 45.9 Å². The molecule has 0 bridgehead atoms. The molecule has 0 saturated heterocycles. The normalized spacial score (nSPS) is 10.3. The maximum absolute atomic E-state index is 12.0. The standard InChI is InChI=1S/C13H14N2OS2/c1-9-2-3-10(17)8-11(9)13(16)15-5-4-12-14-6-7-18-12/h2-3,6-8,17H,4-5H2,1H3,(H,15,16). The molecule has 18 heavy (non-hydrogen) atoms. The van der Waals surface area contributed by atoms with Crippen LogP contribution in [-0.4, -0.2) is 17.4 Å². The fraction of sp³-hybridized carbons (Fsp3) is 0.231. The average molecular weight is 278 g/mol. The topological polar surface area (TPSA) is 42.0 Å². The fourth-order valence-electron chi connectivity index (χ4n) is 1.61. The zero-order valence-corrected chi connectivity index (χ0v) is 11.7. The lowest BCUT2D eigenvalue weighted by Crippen LogP contribution is -2.26. The molecule has 0 atom stereocenters. The molecule has 0 aliphatic carbocycles. The molecular weight excluding hydrogens is 264 g/mol. The Morgan fingerprint density at radius 3 is 3.06 bits per heavy atom. The quantitative estimate of drug-likeness (QED) is 0.844. The SMILES string of the molecule is Cc1ccc(S)cc1C(=O)NCCc1nccs1. The highest BCUT2D eigenvalue weighted by atomic mass is 32.1. The second-order valence-electron chi connectivity index (χ2n) is 3.93. The van der Waals surface area contributed by atoms with Crippen molar-refractivity contribution in [1.82, 2.24) is 10.3 Å². The van der Waals surface area contributed by atoms with Crippen LogP contribution in [0.3, 0.4) is 0 Å². The number of rotatable bonds is 4. The minimum absolute atomic E-state index is 0.0556. The molecule has 0 unspecified atom stereocenters. The van der Waals surface area contributed by atoms with Gasteiger partial charge in [0.1, 0.15) is 0 Å². The number of carbonyl (C=O) groups is 1. The molecule has 1 N–H and O–H groups in total. The summed E-state index contributed by atoms with van der Waals surface area (Å²) in [6.07, 6.45) is 2.54. The first-order chi connectivity index (χ1) is 8.66. The fourth-order valence-corrected chi connectivity index (χ4v) is 2.43. The Balaban J connectivity index is 1.93. The van der Waals surface area contributed by atoms with Gasteiger partial charge in [0.2, 0.25) is 0 Å². The van der Waals surface area contributed by atoms with Crippen LogP contribution in [-0.2, 0) is 6.42 Å². The molecule has 0 saturated carbocycles. The summed E-state index contributed by atoms with van der Waals surface area (Å²) in [6, 6.07) is 5.57. The smallest absolute Gasteiger partial charge is 0.251 e. The van der Waals surface area contributed by atoms with Gasteiger partial charge in [0.15, 0.2) is 0 Å². The summed E-state index contributed by atoms with van der Waals surface area (Å²) < 4.78 is 0. The van der Waals surface area contributed by atoms with Crippen LogP contribution < -0.4 is 5.32 Å². The van der Waals surface area contributed by atoms with Gasteiger partial charge in [-0.05, 0) is 24.6 Å². The lowest BCUT2D eigenvalue weighted by molar-refractivity contribution is 0.0953. The molecule has 5 heteroatoms. The zero-order valence-electron chi connectivity index (χ0n) is 10.0. The van der Waals surface area contributed by atoms with Crippen LogP contribution in [0.5, 0.6) is 0 Å². The van der Waals surface area contributed by atoms with Gasteiger partial charge < -0.3 is 5.32 Å². The summed E-state index contributed by atoms with van der Waals surface area (Å²) in [6.45, 7) is 2.52. The lowest BCUT2D eigenvalue weighted by atomic mass is 10.1. The molecule has 94 valence electrons. The molecule has 1 amide bonds. The molecule has 2 rings (SSSR count). The Labute approximate surface area is 116 Å². The van der Waals surface area contributed by atoms with Crippen molar-refractivity contribution in [3.8, 4) is 0 Å². The van der Waals surface area contributed by atoms with Crippen molar-refractivity contribution in [2.24, 2.45) is 0 Å². The summed E-state index contributed by atoms with van der Waals surface area (Å²) in [5.41, 5.74) is 1.64. The highest BCUT2D eigenvalue weighted by Gasteiger charge is 2.08. The van der Waals surface area contributed by atoms with E-state index in [4.69, 9.17) is 0 Å². The number of nitrogens with zero attached hydrogens (tertiary/aromatic N) is 1. The summed E-state index contributed by atoms with van der Waals surface area (Å²) >= 11 is 5.85. The zero-order chi connectivity index (χ0) is 13.0. The van der Waals surface area contributed by atoms with E-state index in [1.54, 1.807) is 23.6 Å². The van der Waals surface area contributed by atoms with Crippen molar-refractivity contribution >= 4 is 29.9 Å². The Morgan fingerprint density at radius 1 is 1.50 bits per heavy atom. The van der Waals surface area contributed by atoms with Crippen molar-refractivity contribution in [3.63, 3.8) is 0 Å². The number of hydrogen-bond acceptors (Lipinski definition) is 4. The maximum atomic E-state index is 12.0. The molecule has 0 fully saturated rings. The van der Waals surface area contributed by atoms with Gasteiger partial charge in [0, 0.05) is 35.0 Å². The molecule has 1 aromatic heterocycles. The number of thiol groups is 1. The van der Waals surface area contributed by atoms with Gasteiger partial charge >= 0.3 is 0 Å². The number of aromatic nitrogens is 1. The van der Waals surface area contributed by atoms with E-state index in [0.717, 1.165) is 21.9 Å². The Kier molecular flexibility index (Phi) is 4.38. The van der Waals surface area contributed by atoms with Crippen LogP contribution in [0.25, 0.3) is 0 Å². The first kappa shape index (κ1) is 13.1. The Bertz CT molecular complexity index is 538. The van der Waals surface area contributed by atoms with Crippen LogP contribution in [0.15, 0.2) is 34.7 Å². The van der Waals surface area contributed by atoms with Gasteiger partial charge in [-0.3, -0.25) is 4.79 Å². The van der Waals surface area contributed by atoms with E-state index < -0.39 is 0 Å². The number of carbonyl (C=O) groups excluding carboxylic acids is 1. The molecular formula is C13H14N2OS2. The van der Waals surface area contributed by atoms with Gasteiger partial charge in [0.05, 0.1) is 5.01 Å². The highest BCUT2D eigenvalue weighted by Crippen LogP contribution is 2.14. The third-order valence-corrected chi connectivity index (χ3v) is 3.69. The molecule has 0 aliphatic rings. The van der Waals surface area contributed by atoms with E-state index in [-0.39, 0.29) is 5.91 Å². The van der Waals surface area contributed by atoms with Gasteiger partial charge in [-0.1, -0.05) is 6.07 Å². The van der Waals surface area contributed by atoms with E-state index in [1.165, 1.54) is 0 Å². The second kappa shape index (κ2) is 6.02. The minimum atomic E-state index is -0.0556. The van der Waals surface area contributed by atoms with Crippen molar-refractivity contribution < 1.29 is 4.79 Å². The van der Waals surface area contributed by atoms with Crippen molar-refractivity contribution in [2.45, 2.75) is 18.2 Å². The van der Waals surface area contributed by atoms with E-state index in [1.807, 2.05) is 24.4 Å². The molecule has 1 aromatic carbocycles. The number of aryl methyl sites for hydroxylation is 1. The average Bonchev–Trinajstić information content (AvgIpc) is 2.85. The minimum Gasteiger partial charge on any atom is -0.352 e. The van der Waals surface area contributed by atoms with Gasteiger partial charge in [-0.25, -0.2) is 4.98 Å². The highest BCUT2D eigenvalue weighted by molar-refractivity contribution is 7.80. The van der Waals surface area contributed by atoms with E-state index in [9.17, 15) is 4.79 Å². The summed E-state index contributed by atoms with van der Waals surface area (Å²) in [5.74, 6) is -0.0556. The molecule has 3 nitrogen and oxygen atoms in total.